The van der Waals surface area contributed by atoms with E-state index in [9.17, 15) is 5.11 Å². The number of aliphatic hydroxyl groups excluding tert-OH is 1. The monoisotopic (exact) mass is 270 g/mol. The molecule has 1 aliphatic heterocycles. The first kappa shape index (κ1) is 15.2. The first-order valence-electron chi connectivity index (χ1n) is 7.93. The molecule has 0 spiro atoms. The van der Waals surface area contributed by atoms with Gasteiger partial charge in [-0.2, -0.15) is 0 Å². The van der Waals surface area contributed by atoms with Crippen LogP contribution < -0.4 is 5.32 Å². The molecule has 1 saturated heterocycles. The number of morpholine rings is 1. The summed E-state index contributed by atoms with van der Waals surface area (Å²) in [4.78, 5) is 2.29. The Morgan fingerprint density at radius 1 is 1.26 bits per heavy atom. The summed E-state index contributed by atoms with van der Waals surface area (Å²) in [6, 6.07) is 0. The summed E-state index contributed by atoms with van der Waals surface area (Å²) in [5, 5.41) is 13.6. The van der Waals surface area contributed by atoms with Crippen LogP contribution in [0.4, 0.5) is 0 Å². The summed E-state index contributed by atoms with van der Waals surface area (Å²) < 4.78 is 5.32. The smallest absolute Gasteiger partial charge is 0.0791 e. The van der Waals surface area contributed by atoms with Crippen LogP contribution in [0, 0.1) is 5.41 Å². The summed E-state index contributed by atoms with van der Waals surface area (Å²) >= 11 is 0. The van der Waals surface area contributed by atoms with Crippen molar-refractivity contribution in [2.75, 3.05) is 45.9 Å². The van der Waals surface area contributed by atoms with Crippen LogP contribution in [0.15, 0.2) is 0 Å². The fourth-order valence-corrected chi connectivity index (χ4v) is 3.43. The number of hydrogen-bond donors (Lipinski definition) is 2. The zero-order valence-electron chi connectivity index (χ0n) is 12.4. The van der Waals surface area contributed by atoms with Crippen molar-refractivity contribution >= 4 is 0 Å². The minimum absolute atomic E-state index is 0.256. The highest BCUT2D eigenvalue weighted by atomic mass is 16.5. The van der Waals surface area contributed by atoms with E-state index in [1.165, 1.54) is 32.1 Å². The summed E-state index contributed by atoms with van der Waals surface area (Å²) in [6.45, 7) is 8.39. The predicted molar refractivity (Wildman–Crippen MR) is 77.3 cm³/mol. The molecule has 2 aliphatic rings. The number of hydrogen-bond acceptors (Lipinski definition) is 4. The Labute approximate surface area is 117 Å². The minimum Gasteiger partial charge on any atom is -0.390 e. The molecule has 0 aromatic rings. The van der Waals surface area contributed by atoms with Gasteiger partial charge in [-0.1, -0.05) is 19.8 Å². The Hall–Kier alpha value is -0.160. The van der Waals surface area contributed by atoms with Gasteiger partial charge in [0.25, 0.3) is 0 Å². The first-order chi connectivity index (χ1) is 9.24. The molecule has 1 saturated carbocycles. The molecule has 1 unspecified atom stereocenters. The summed E-state index contributed by atoms with van der Waals surface area (Å²) in [6.07, 6.45) is 6.48. The molecule has 2 N–H and O–H groups in total. The van der Waals surface area contributed by atoms with Crippen LogP contribution in [0.2, 0.25) is 0 Å². The molecule has 19 heavy (non-hydrogen) atoms. The van der Waals surface area contributed by atoms with Crippen molar-refractivity contribution in [3.63, 3.8) is 0 Å². The number of ether oxygens (including phenoxy) is 1. The number of β-amino-alcohol motifs (C(OH)–C–C–N with tert-alkyl or cyclic N) is 1. The molecular formula is C15H30N2O2. The van der Waals surface area contributed by atoms with Crippen LogP contribution in [0.25, 0.3) is 0 Å². The Kier molecular flexibility index (Phi) is 6.07. The molecule has 2 rings (SSSR count). The van der Waals surface area contributed by atoms with Gasteiger partial charge in [0, 0.05) is 32.7 Å². The van der Waals surface area contributed by atoms with E-state index in [1.807, 2.05) is 0 Å². The summed E-state index contributed by atoms with van der Waals surface area (Å²) in [7, 11) is 0. The third kappa shape index (κ3) is 4.71. The lowest BCUT2D eigenvalue weighted by atomic mass is 9.83. The highest BCUT2D eigenvalue weighted by Gasteiger charge is 2.31. The number of aliphatic hydroxyl groups is 1. The molecule has 0 aromatic carbocycles. The van der Waals surface area contributed by atoms with E-state index < -0.39 is 0 Å². The quantitative estimate of drug-likeness (QED) is 0.730. The van der Waals surface area contributed by atoms with Crippen molar-refractivity contribution in [3.8, 4) is 0 Å². The van der Waals surface area contributed by atoms with Crippen LogP contribution in [0.3, 0.4) is 0 Å². The van der Waals surface area contributed by atoms with Crippen molar-refractivity contribution in [2.45, 2.75) is 45.1 Å². The molecule has 0 bridgehead atoms. The van der Waals surface area contributed by atoms with E-state index in [0.29, 0.717) is 5.41 Å². The van der Waals surface area contributed by atoms with Crippen molar-refractivity contribution in [1.82, 2.24) is 10.2 Å². The standard InChI is InChI=1S/C15H30N2O2/c1-2-15(5-3-4-6-15)13-16-11-14(18)12-17-7-9-19-10-8-17/h14,16,18H,2-13H2,1H3. The average molecular weight is 270 g/mol. The molecule has 4 nitrogen and oxygen atoms in total. The molecule has 1 heterocycles. The van der Waals surface area contributed by atoms with E-state index in [0.717, 1.165) is 45.9 Å². The molecule has 2 fully saturated rings. The van der Waals surface area contributed by atoms with Gasteiger partial charge in [0.2, 0.25) is 0 Å². The van der Waals surface area contributed by atoms with E-state index >= 15 is 0 Å². The highest BCUT2D eigenvalue weighted by molar-refractivity contribution is 4.85. The molecule has 0 aromatic heterocycles. The van der Waals surface area contributed by atoms with E-state index in [1.54, 1.807) is 0 Å². The molecule has 1 atom stereocenters. The minimum atomic E-state index is -0.256. The number of rotatable bonds is 7. The number of nitrogens with one attached hydrogen (secondary N) is 1. The van der Waals surface area contributed by atoms with Gasteiger partial charge >= 0.3 is 0 Å². The van der Waals surface area contributed by atoms with Crippen LogP contribution >= 0.6 is 0 Å². The van der Waals surface area contributed by atoms with Crippen LogP contribution in [-0.2, 0) is 4.74 Å². The maximum Gasteiger partial charge on any atom is 0.0791 e. The van der Waals surface area contributed by atoms with Gasteiger partial charge in [0.15, 0.2) is 0 Å². The predicted octanol–water partition coefficient (Wildman–Crippen LogP) is 1.24. The summed E-state index contributed by atoms with van der Waals surface area (Å²) in [5.74, 6) is 0. The molecular weight excluding hydrogens is 240 g/mol. The van der Waals surface area contributed by atoms with E-state index in [2.05, 4.69) is 17.1 Å². The second-order valence-corrected chi connectivity index (χ2v) is 6.26. The van der Waals surface area contributed by atoms with Gasteiger partial charge in [0.1, 0.15) is 0 Å². The van der Waals surface area contributed by atoms with Gasteiger partial charge < -0.3 is 15.2 Å². The average Bonchev–Trinajstić information content (AvgIpc) is 2.89. The lowest BCUT2D eigenvalue weighted by molar-refractivity contribution is 0.0145. The zero-order valence-corrected chi connectivity index (χ0v) is 12.4. The Balaban J connectivity index is 1.61. The van der Waals surface area contributed by atoms with E-state index in [-0.39, 0.29) is 6.10 Å². The van der Waals surface area contributed by atoms with Crippen LogP contribution in [-0.4, -0.2) is 62.0 Å². The molecule has 112 valence electrons. The zero-order chi connectivity index (χ0) is 13.6. The Morgan fingerprint density at radius 2 is 1.95 bits per heavy atom. The second-order valence-electron chi connectivity index (χ2n) is 6.26. The molecule has 0 radical (unpaired) electrons. The largest absolute Gasteiger partial charge is 0.390 e. The fraction of sp³-hybridized carbons (Fsp3) is 1.00. The second kappa shape index (κ2) is 7.58. The molecule has 4 heteroatoms. The maximum atomic E-state index is 10.1. The van der Waals surface area contributed by atoms with Crippen LogP contribution in [0.5, 0.6) is 0 Å². The number of nitrogens with zero attached hydrogens (tertiary/aromatic N) is 1. The topological polar surface area (TPSA) is 44.7 Å². The third-order valence-corrected chi connectivity index (χ3v) is 4.87. The lowest BCUT2D eigenvalue weighted by Gasteiger charge is -2.30. The summed E-state index contributed by atoms with van der Waals surface area (Å²) in [5.41, 5.74) is 0.513. The Morgan fingerprint density at radius 3 is 2.58 bits per heavy atom. The third-order valence-electron chi connectivity index (χ3n) is 4.87. The van der Waals surface area contributed by atoms with Gasteiger partial charge in [0.05, 0.1) is 19.3 Å². The molecule has 0 amide bonds. The van der Waals surface area contributed by atoms with Crippen molar-refractivity contribution in [1.29, 1.82) is 0 Å². The van der Waals surface area contributed by atoms with Crippen molar-refractivity contribution in [2.24, 2.45) is 5.41 Å². The van der Waals surface area contributed by atoms with E-state index in [4.69, 9.17) is 4.74 Å². The van der Waals surface area contributed by atoms with Gasteiger partial charge in [-0.25, -0.2) is 0 Å². The fourth-order valence-electron chi connectivity index (χ4n) is 3.43. The Bertz CT molecular complexity index is 249. The van der Waals surface area contributed by atoms with Gasteiger partial charge in [-0.05, 0) is 24.7 Å². The van der Waals surface area contributed by atoms with Crippen molar-refractivity contribution in [3.05, 3.63) is 0 Å². The normalized spacial score (nSPS) is 25.6. The molecule has 1 aliphatic carbocycles. The SMILES string of the molecule is CCC1(CNCC(O)CN2CCOCC2)CCCC1. The first-order valence-corrected chi connectivity index (χ1v) is 7.93. The highest BCUT2D eigenvalue weighted by Crippen LogP contribution is 2.40. The van der Waals surface area contributed by atoms with Gasteiger partial charge in [-0.3, -0.25) is 4.90 Å². The lowest BCUT2D eigenvalue weighted by Crippen LogP contribution is -2.45. The van der Waals surface area contributed by atoms with Gasteiger partial charge in [-0.15, -0.1) is 0 Å². The van der Waals surface area contributed by atoms with Crippen molar-refractivity contribution < 1.29 is 9.84 Å². The van der Waals surface area contributed by atoms with Crippen LogP contribution in [0.1, 0.15) is 39.0 Å². The maximum absolute atomic E-state index is 10.1.